The fourth-order valence-electron chi connectivity index (χ4n) is 4.05. The van der Waals surface area contributed by atoms with Crippen LogP contribution in [0, 0.1) is 0 Å². The number of amides is 1. The number of hydrogen-bond donors (Lipinski definition) is 1. The molecule has 1 aliphatic heterocycles. The highest BCUT2D eigenvalue weighted by Crippen LogP contribution is 2.19. The van der Waals surface area contributed by atoms with E-state index in [2.05, 4.69) is 75.1 Å². The standard InChI is InChI=1S/C27H31N5O/c1-3-27(33)30-24-6-4-5-21(17-24)7-10-23-19-25(29-20-28-23)18-22-8-11-26(12-9-22)32-15-13-31(2)14-16-32/h3-6,8-9,11-12,17,19-20H,1,7,10,13-16,18H2,2H3,(H,30,33). The summed E-state index contributed by atoms with van der Waals surface area (Å²) >= 11 is 0. The molecule has 0 unspecified atom stereocenters. The summed E-state index contributed by atoms with van der Waals surface area (Å²) in [5.41, 5.74) is 6.52. The molecule has 2 heterocycles. The van der Waals surface area contributed by atoms with Crippen LogP contribution >= 0.6 is 0 Å². The summed E-state index contributed by atoms with van der Waals surface area (Å²) in [6.07, 6.45) is 5.38. The molecule has 6 heteroatoms. The first kappa shape index (κ1) is 22.7. The van der Waals surface area contributed by atoms with Crippen molar-refractivity contribution in [3.63, 3.8) is 0 Å². The van der Waals surface area contributed by atoms with Crippen molar-refractivity contribution in [3.05, 3.63) is 96.1 Å². The van der Waals surface area contributed by atoms with Gasteiger partial charge in [0.15, 0.2) is 0 Å². The normalized spacial score (nSPS) is 14.2. The lowest BCUT2D eigenvalue weighted by molar-refractivity contribution is -0.111. The molecule has 0 atom stereocenters. The molecule has 1 N–H and O–H groups in total. The van der Waals surface area contributed by atoms with Gasteiger partial charge in [-0.25, -0.2) is 9.97 Å². The zero-order chi connectivity index (χ0) is 23.0. The van der Waals surface area contributed by atoms with E-state index in [1.165, 1.54) is 17.3 Å². The molecule has 1 aliphatic rings. The molecule has 0 bridgehead atoms. The monoisotopic (exact) mass is 441 g/mol. The smallest absolute Gasteiger partial charge is 0.247 e. The Morgan fingerprint density at radius 2 is 1.73 bits per heavy atom. The van der Waals surface area contributed by atoms with E-state index < -0.39 is 0 Å². The number of hydrogen-bond acceptors (Lipinski definition) is 5. The lowest BCUT2D eigenvalue weighted by Gasteiger charge is -2.34. The zero-order valence-corrected chi connectivity index (χ0v) is 19.2. The fraction of sp³-hybridized carbons (Fsp3) is 0.296. The van der Waals surface area contributed by atoms with Crippen LogP contribution < -0.4 is 10.2 Å². The van der Waals surface area contributed by atoms with Crippen molar-refractivity contribution in [3.8, 4) is 0 Å². The molecule has 1 amide bonds. The molecular weight excluding hydrogens is 410 g/mol. The molecule has 0 spiro atoms. The Morgan fingerprint density at radius 3 is 2.48 bits per heavy atom. The van der Waals surface area contributed by atoms with Gasteiger partial charge in [-0.15, -0.1) is 0 Å². The highest BCUT2D eigenvalue weighted by molar-refractivity contribution is 5.98. The summed E-state index contributed by atoms with van der Waals surface area (Å²) in [5, 5.41) is 2.81. The van der Waals surface area contributed by atoms with Crippen molar-refractivity contribution < 1.29 is 4.79 Å². The second kappa shape index (κ2) is 10.9. The van der Waals surface area contributed by atoms with Crippen LogP contribution in [0.15, 0.2) is 73.6 Å². The number of aryl methyl sites for hydroxylation is 2. The minimum atomic E-state index is -0.204. The van der Waals surface area contributed by atoms with Gasteiger partial charge in [-0.3, -0.25) is 4.79 Å². The Hall–Kier alpha value is -3.51. The molecule has 2 aromatic carbocycles. The van der Waals surface area contributed by atoms with Crippen LogP contribution in [0.1, 0.15) is 22.5 Å². The van der Waals surface area contributed by atoms with Crippen LogP contribution in [0.5, 0.6) is 0 Å². The SMILES string of the molecule is C=CC(=O)Nc1cccc(CCc2cc(Cc3ccc(N4CCN(C)CC4)cc3)ncn2)c1. The second-order valence-electron chi connectivity index (χ2n) is 8.53. The van der Waals surface area contributed by atoms with E-state index in [4.69, 9.17) is 0 Å². The van der Waals surface area contributed by atoms with E-state index in [0.29, 0.717) is 0 Å². The molecule has 33 heavy (non-hydrogen) atoms. The molecule has 0 saturated carbocycles. The van der Waals surface area contributed by atoms with Crippen molar-refractivity contribution >= 4 is 17.3 Å². The fourth-order valence-corrected chi connectivity index (χ4v) is 4.05. The van der Waals surface area contributed by atoms with E-state index in [0.717, 1.165) is 68.1 Å². The average Bonchev–Trinajstić information content (AvgIpc) is 2.84. The quantitative estimate of drug-likeness (QED) is 0.540. The highest BCUT2D eigenvalue weighted by atomic mass is 16.1. The van der Waals surface area contributed by atoms with Crippen molar-refractivity contribution in [2.45, 2.75) is 19.3 Å². The molecule has 1 fully saturated rings. The van der Waals surface area contributed by atoms with Crippen LogP contribution in [0.4, 0.5) is 11.4 Å². The summed E-state index contributed by atoms with van der Waals surface area (Å²) in [5.74, 6) is -0.204. The first-order valence-electron chi connectivity index (χ1n) is 11.4. The number of carbonyl (C=O) groups excluding carboxylic acids is 1. The van der Waals surface area contributed by atoms with Crippen molar-refractivity contribution in [2.24, 2.45) is 0 Å². The van der Waals surface area contributed by atoms with E-state index in [1.54, 1.807) is 6.33 Å². The molecule has 0 aliphatic carbocycles. The minimum absolute atomic E-state index is 0.204. The first-order valence-corrected chi connectivity index (χ1v) is 11.4. The summed E-state index contributed by atoms with van der Waals surface area (Å²) in [6, 6.07) is 18.8. The van der Waals surface area contributed by atoms with Gasteiger partial charge < -0.3 is 15.1 Å². The van der Waals surface area contributed by atoms with Gasteiger partial charge in [-0.2, -0.15) is 0 Å². The first-order chi connectivity index (χ1) is 16.1. The third-order valence-corrected chi connectivity index (χ3v) is 6.02. The predicted molar refractivity (Wildman–Crippen MR) is 134 cm³/mol. The van der Waals surface area contributed by atoms with Gasteiger partial charge in [-0.1, -0.05) is 30.8 Å². The Bertz CT molecular complexity index is 1090. The Kier molecular flexibility index (Phi) is 7.47. The van der Waals surface area contributed by atoms with Crippen LogP contribution in [0.25, 0.3) is 0 Å². The van der Waals surface area contributed by atoms with E-state index in [1.807, 2.05) is 18.2 Å². The minimum Gasteiger partial charge on any atom is -0.369 e. The molecule has 6 nitrogen and oxygen atoms in total. The highest BCUT2D eigenvalue weighted by Gasteiger charge is 2.14. The maximum absolute atomic E-state index is 11.5. The van der Waals surface area contributed by atoms with Crippen molar-refractivity contribution in [2.75, 3.05) is 43.4 Å². The number of likely N-dealkylation sites (N-methyl/N-ethyl adjacent to an activating group) is 1. The van der Waals surface area contributed by atoms with E-state index in [-0.39, 0.29) is 5.91 Å². The van der Waals surface area contributed by atoms with Gasteiger partial charge in [0.05, 0.1) is 0 Å². The van der Waals surface area contributed by atoms with Gasteiger partial charge in [-0.05, 0) is 67.4 Å². The van der Waals surface area contributed by atoms with Gasteiger partial charge in [0.1, 0.15) is 6.33 Å². The van der Waals surface area contributed by atoms with Crippen LogP contribution in [-0.2, 0) is 24.1 Å². The molecule has 0 radical (unpaired) electrons. The molecular formula is C27H31N5O. The number of nitrogens with one attached hydrogen (secondary N) is 1. The van der Waals surface area contributed by atoms with Crippen molar-refractivity contribution in [1.82, 2.24) is 14.9 Å². The number of benzene rings is 2. The molecule has 170 valence electrons. The third-order valence-electron chi connectivity index (χ3n) is 6.02. The summed E-state index contributed by atoms with van der Waals surface area (Å²) in [4.78, 5) is 25.3. The van der Waals surface area contributed by atoms with Crippen LogP contribution in [0.3, 0.4) is 0 Å². The topological polar surface area (TPSA) is 61.4 Å². The Labute approximate surface area is 196 Å². The van der Waals surface area contributed by atoms with Crippen LogP contribution in [-0.4, -0.2) is 54.0 Å². The molecule has 1 aromatic heterocycles. The Balaban J connectivity index is 1.34. The summed E-state index contributed by atoms with van der Waals surface area (Å²) in [7, 11) is 2.18. The number of carbonyl (C=O) groups is 1. The number of aromatic nitrogens is 2. The Morgan fingerprint density at radius 1 is 0.970 bits per heavy atom. The maximum atomic E-state index is 11.5. The predicted octanol–water partition coefficient (Wildman–Crippen LogP) is 3.73. The number of rotatable bonds is 8. The van der Waals surface area contributed by atoms with Gasteiger partial charge in [0.2, 0.25) is 5.91 Å². The number of nitrogens with zero attached hydrogens (tertiary/aromatic N) is 4. The molecule has 4 rings (SSSR count). The number of piperazine rings is 1. The molecule has 3 aromatic rings. The lowest BCUT2D eigenvalue weighted by Crippen LogP contribution is -2.44. The third kappa shape index (κ3) is 6.49. The second-order valence-corrected chi connectivity index (χ2v) is 8.53. The van der Waals surface area contributed by atoms with Gasteiger partial charge >= 0.3 is 0 Å². The van der Waals surface area contributed by atoms with Crippen molar-refractivity contribution in [1.29, 1.82) is 0 Å². The number of anilines is 2. The average molecular weight is 442 g/mol. The molecule has 1 saturated heterocycles. The van der Waals surface area contributed by atoms with Crippen LogP contribution in [0.2, 0.25) is 0 Å². The lowest BCUT2D eigenvalue weighted by atomic mass is 10.0. The largest absolute Gasteiger partial charge is 0.369 e. The van der Waals surface area contributed by atoms with E-state index in [9.17, 15) is 4.79 Å². The van der Waals surface area contributed by atoms with Gasteiger partial charge in [0, 0.05) is 55.4 Å². The zero-order valence-electron chi connectivity index (χ0n) is 19.2. The summed E-state index contributed by atoms with van der Waals surface area (Å²) in [6.45, 7) is 7.87. The maximum Gasteiger partial charge on any atom is 0.247 e. The van der Waals surface area contributed by atoms with E-state index >= 15 is 0 Å². The summed E-state index contributed by atoms with van der Waals surface area (Å²) < 4.78 is 0. The van der Waals surface area contributed by atoms with Gasteiger partial charge in [0.25, 0.3) is 0 Å².